The van der Waals surface area contributed by atoms with Crippen LogP contribution >= 0.6 is 11.9 Å². The summed E-state index contributed by atoms with van der Waals surface area (Å²) >= 11 is 1.69. The SMILES string of the molecule is O=C1COc2ccc(SN3CCC(C(=O)NC4CCCCCC4)CC3)cc2N1. The summed E-state index contributed by atoms with van der Waals surface area (Å²) in [5, 5.41) is 6.17. The molecule has 0 spiro atoms. The number of hydrogen-bond donors (Lipinski definition) is 2. The summed E-state index contributed by atoms with van der Waals surface area (Å²) < 4.78 is 7.72. The predicted molar refractivity (Wildman–Crippen MR) is 110 cm³/mol. The van der Waals surface area contributed by atoms with E-state index in [4.69, 9.17) is 4.74 Å². The Balaban J connectivity index is 1.25. The molecule has 2 N–H and O–H groups in total. The summed E-state index contributed by atoms with van der Waals surface area (Å²) in [5.41, 5.74) is 0.735. The molecule has 1 aliphatic carbocycles. The smallest absolute Gasteiger partial charge is 0.262 e. The number of amides is 2. The topological polar surface area (TPSA) is 70.7 Å². The first-order chi connectivity index (χ1) is 13.7. The van der Waals surface area contributed by atoms with Crippen LogP contribution in [0.3, 0.4) is 0 Å². The van der Waals surface area contributed by atoms with Crippen LogP contribution in [0.1, 0.15) is 51.4 Å². The number of ether oxygens (including phenoxy) is 1. The van der Waals surface area contributed by atoms with Crippen molar-refractivity contribution in [1.29, 1.82) is 0 Å². The van der Waals surface area contributed by atoms with Crippen LogP contribution in [0.2, 0.25) is 0 Å². The van der Waals surface area contributed by atoms with E-state index in [1.54, 1.807) is 11.9 Å². The molecule has 0 atom stereocenters. The van der Waals surface area contributed by atoms with Crippen molar-refractivity contribution in [2.24, 2.45) is 5.92 Å². The maximum atomic E-state index is 12.6. The van der Waals surface area contributed by atoms with Crippen molar-refractivity contribution in [2.75, 3.05) is 25.0 Å². The number of nitrogens with one attached hydrogen (secondary N) is 2. The monoisotopic (exact) mass is 403 g/mol. The number of carbonyl (C=O) groups is 2. The lowest BCUT2D eigenvalue weighted by Crippen LogP contribution is -2.42. The number of piperidine rings is 1. The Morgan fingerprint density at radius 3 is 2.61 bits per heavy atom. The number of hydrogen-bond acceptors (Lipinski definition) is 5. The van der Waals surface area contributed by atoms with Gasteiger partial charge in [-0.1, -0.05) is 25.7 Å². The molecule has 152 valence electrons. The van der Waals surface area contributed by atoms with Gasteiger partial charge in [-0.05, 0) is 55.8 Å². The number of rotatable bonds is 4. The van der Waals surface area contributed by atoms with Gasteiger partial charge in [-0.3, -0.25) is 9.59 Å². The molecule has 0 unspecified atom stereocenters. The molecule has 2 aliphatic heterocycles. The van der Waals surface area contributed by atoms with E-state index < -0.39 is 0 Å². The third-order valence-corrected chi connectivity index (χ3v) is 6.93. The molecule has 3 aliphatic rings. The maximum Gasteiger partial charge on any atom is 0.262 e. The fourth-order valence-corrected chi connectivity index (χ4v) is 5.21. The van der Waals surface area contributed by atoms with Gasteiger partial charge in [-0.25, -0.2) is 4.31 Å². The molecule has 2 amide bonds. The lowest BCUT2D eigenvalue weighted by Gasteiger charge is -2.31. The van der Waals surface area contributed by atoms with Gasteiger partial charge in [-0.15, -0.1) is 0 Å². The average molecular weight is 404 g/mol. The summed E-state index contributed by atoms with van der Waals surface area (Å²) in [6.45, 7) is 1.87. The van der Waals surface area contributed by atoms with Gasteiger partial charge in [-0.2, -0.15) is 0 Å². The van der Waals surface area contributed by atoms with Crippen molar-refractivity contribution in [2.45, 2.75) is 62.3 Å². The van der Waals surface area contributed by atoms with E-state index in [9.17, 15) is 9.59 Å². The zero-order valence-electron chi connectivity index (χ0n) is 16.2. The largest absolute Gasteiger partial charge is 0.482 e. The molecule has 4 rings (SSSR count). The van der Waals surface area contributed by atoms with Gasteiger partial charge in [0.1, 0.15) is 5.75 Å². The van der Waals surface area contributed by atoms with Gasteiger partial charge in [0.2, 0.25) is 5.91 Å². The van der Waals surface area contributed by atoms with Crippen molar-refractivity contribution in [3.8, 4) is 5.75 Å². The highest BCUT2D eigenvalue weighted by Gasteiger charge is 2.27. The zero-order chi connectivity index (χ0) is 19.3. The number of anilines is 1. The number of fused-ring (bicyclic) bond motifs is 1. The normalized spacial score (nSPS) is 21.9. The second-order valence-electron chi connectivity index (χ2n) is 7.99. The molecule has 6 nitrogen and oxygen atoms in total. The second-order valence-corrected chi connectivity index (χ2v) is 9.16. The maximum absolute atomic E-state index is 12.6. The standard InChI is InChI=1S/C21H29N3O3S/c25-20-14-27-19-8-7-17(13-18(19)23-20)28-24-11-9-15(10-12-24)21(26)22-16-5-3-1-2-4-6-16/h7-8,13,15-16H,1-6,9-12,14H2,(H,22,26)(H,23,25). The molecule has 0 radical (unpaired) electrons. The fourth-order valence-electron chi connectivity index (χ4n) is 4.22. The van der Waals surface area contributed by atoms with Gasteiger partial charge >= 0.3 is 0 Å². The molecule has 1 saturated heterocycles. The first-order valence-corrected chi connectivity index (χ1v) is 11.2. The van der Waals surface area contributed by atoms with Crippen LogP contribution in [-0.4, -0.2) is 41.9 Å². The first-order valence-electron chi connectivity index (χ1n) is 10.5. The molecular formula is C21H29N3O3S. The summed E-state index contributed by atoms with van der Waals surface area (Å²) in [7, 11) is 0. The van der Waals surface area contributed by atoms with E-state index in [0.717, 1.165) is 55.1 Å². The first kappa shape index (κ1) is 19.6. The van der Waals surface area contributed by atoms with E-state index in [1.165, 1.54) is 25.7 Å². The molecule has 7 heteroatoms. The molecule has 2 fully saturated rings. The van der Waals surface area contributed by atoms with Crippen LogP contribution < -0.4 is 15.4 Å². The van der Waals surface area contributed by atoms with E-state index >= 15 is 0 Å². The highest BCUT2D eigenvalue weighted by molar-refractivity contribution is 7.97. The second kappa shape index (κ2) is 9.18. The highest BCUT2D eigenvalue weighted by atomic mass is 32.2. The van der Waals surface area contributed by atoms with Crippen molar-refractivity contribution in [3.63, 3.8) is 0 Å². The van der Waals surface area contributed by atoms with Crippen LogP contribution in [0, 0.1) is 5.92 Å². The van der Waals surface area contributed by atoms with Crippen LogP contribution in [0.15, 0.2) is 23.1 Å². The summed E-state index contributed by atoms with van der Waals surface area (Å²) in [6.07, 6.45) is 9.17. The Kier molecular flexibility index (Phi) is 6.42. The van der Waals surface area contributed by atoms with E-state index in [-0.39, 0.29) is 24.3 Å². The van der Waals surface area contributed by atoms with Gasteiger partial charge in [0.25, 0.3) is 5.91 Å². The van der Waals surface area contributed by atoms with Crippen LogP contribution in [-0.2, 0) is 9.59 Å². The van der Waals surface area contributed by atoms with E-state index in [1.807, 2.05) is 18.2 Å². The average Bonchev–Trinajstić information content (AvgIpc) is 2.97. The summed E-state index contributed by atoms with van der Waals surface area (Å²) in [6, 6.07) is 6.27. The molecular weight excluding hydrogens is 374 g/mol. The van der Waals surface area contributed by atoms with Crippen LogP contribution in [0.25, 0.3) is 0 Å². The van der Waals surface area contributed by atoms with Crippen molar-refractivity contribution >= 4 is 29.4 Å². The third kappa shape index (κ3) is 5.00. The zero-order valence-corrected chi connectivity index (χ0v) is 17.1. The predicted octanol–water partition coefficient (Wildman–Crippen LogP) is 3.58. The molecule has 0 aromatic heterocycles. The van der Waals surface area contributed by atoms with Crippen molar-refractivity contribution < 1.29 is 14.3 Å². The minimum atomic E-state index is -0.116. The quantitative estimate of drug-likeness (QED) is 0.594. The van der Waals surface area contributed by atoms with Crippen LogP contribution in [0.5, 0.6) is 5.75 Å². The Morgan fingerprint density at radius 1 is 1.11 bits per heavy atom. The van der Waals surface area contributed by atoms with Crippen molar-refractivity contribution in [3.05, 3.63) is 18.2 Å². The Morgan fingerprint density at radius 2 is 1.86 bits per heavy atom. The minimum Gasteiger partial charge on any atom is -0.482 e. The fraction of sp³-hybridized carbons (Fsp3) is 0.619. The summed E-state index contributed by atoms with van der Waals surface area (Å²) in [5.74, 6) is 0.995. The molecule has 28 heavy (non-hydrogen) atoms. The highest BCUT2D eigenvalue weighted by Crippen LogP contribution is 2.35. The van der Waals surface area contributed by atoms with Crippen LogP contribution in [0.4, 0.5) is 5.69 Å². The van der Waals surface area contributed by atoms with Gasteiger partial charge in [0.05, 0.1) is 5.69 Å². The Hall–Kier alpha value is -1.73. The lowest BCUT2D eigenvalue weighted by atomic mass is 9.96. The number of carbonyl (C=O) groups excluding carboxylic acids is 2. The van der Waals surface area contributed by atoms with E-state index in [0.29, 0.717) is 6.04 Å². The minimum absolute atomic E-state index is 0.0793. The Labute approximate surface area is 170 Å². The van der Waals surface area contributed by atoms with Gasteiger partial charge < -0.3 is 15.4 Å². The van der Waals surface area contributed by atoms with E-state index in [2.05, 4.69) is 14.9 Å². The van der Waals surface area contributed by atoms with Gasteiger partial charge in [0.15, 0.2) is 6.61 Å². The lowest BCUT2D eigenvalue weighted by molar-refractivity contribution is -0.126. The number of nitrogens with zero attached hydrogens (tertiary/aromatic N) is 1. The molecule has 1 aromatic rings. The Bertz CT molecular complexity index is 711. The molecule has 0 bridgehead atoms. The summed E-state index contributed by atoms with van der Waals surface area (Å²) in [4.78, 5) is 25.2. The third-order valence-electron chi connectivity index (χ3n) is 5.84. The molecule has 1 aromatic carbocycles. The molecule has 1 saturated carbocycles. The number of benzene rings is 1. The molecule has 2 heterocycles. The van der Waals surface area contributed by atoms with Crippen molar-refractivity contribution in [1.82, 2.24) is 9.62 Å². The van der Waals surface area contributed by atoms with Gasteiger partial charge in [0, 0.05) is 29.9 Å².